The van der Waals surface area contributed by atoms with E-state index in [1.54, 1.807) is 6.07 Å². The summed E-state index contributed by atoms with van der Waals surface area (Å²) in [6.07, 6.45) is -4.36. The summed E-state index contributed by atoms with van der Waals surface area (Å²) in [6, 6.07) is 3.90. The Morgan fingerprint density at radius 3 is 1.81 bits per heavy atom. The summed E-state index contributed by atoms with van der Waals surface area (Å²) < 4.78 is 38.5. The number of halogens is 3. The second-order valence-electron chi connectivity index (χ2n) is 7.21. The van der Waals surface area contributed by atoms with Crippen LogP contribution in [-0.2, 0) is 21.2 Å². The second-order valence-corrected chi connectivity index (χ2v) is 7.21. The van der Waals surface area contributed by atoms with Crippen molar-refractivity contribution in [2.24, 2.45) is 5.92 Å². The molecule has 1 aromatic rings. The van der Waals surface area contributed by atoms with Crippen molar-refractivity contribution in [1.29, 1.82) is 0 Å². The van der Waals surface area contributed by atoms with E-state index < -0.39 is 29.4 Å². The number of Topliss-reactive ketones (excluding diaryl/α,β-unsaturated/α-hetero) is 2. The van der Waals surface area contributed by atoms with Gasteiger partial charge in [-0.25, -0.2) is 0 Å². The zero-order valence-electron chi connectivity index (χ0n) is 15.8. The highest BCUT2D eigenvalue weighted by molar-refractivity contribution is 5.95. The maximum atomic E-state index is 12.8. The monoisotopic (exact) mass is 390 g/mol. The first-order valence-corrected chi connectivity index (χ1v) is 8.02. The van der Waals surface area contributed by atoms with Crippen molar-refractivity contribution in [2.45, 2.75) is 67.0 Å². The van der Waals surface area contributed by atoms with Gasteiger partial charge in [0, 0.05) is 12.0 Å². The van der Waals surface area contributed by atoms with Gasteiger partial charge in [0.25, 0.3) is 0 Å². The summed E-state index contributed by atoms with van der Waals surface area (Å²) in [5, 5.41) is 8.28. The van der Waals surface area contributed by atoms with Crippen molar-refractivity contribution in [3.8, 4) is 0 Å². The van der Waals surface area contributed by atoms with Gasteiger partial charge in [-0.1, -0.05) is 47.3 Å². The molecular weight excluding hydrogens is 361 g/mol. The fourth-order valence-electron chi connectivity index (χ4n) is 2.07. The van der Waals surface area contributed by atoms with Gasteiger partial charge >= 0.3 is 12.1 Å². The van der Waals surface area contributed by atoms with E-state index in [0.29, 0.717) is 5.56 Å². The van der Waals surface area contributed by atoms with Crippen LogP contribution in [0.1, 0.15) is 76.9 Å². The lowest BCUT2D eigenvalue weighted by molar-refractivity contribution is -0.142. The molecule has 0 amide bonds. The maximum absolute atomic E-state index is 12.8. The zero-order valence-corrected chi connectivity index (χ0v) is 15.8. The molecule has 4 nitrogen and oxygen atoms in total. The van der Waals surface area contributed by atoms with E-state index >= 15 is 0 Å². The van der Waals surface area contributed by atoms with Crippen LogP contribution >= 0.6 is 0 Å². The number of carboxylic acid groups (broad SMARTS) is 1. The lowest BCUT2D eigenvalue weighted by Gasteiger charge is -2.21. The molecule has 0 spiro atoms. The summed E-state index contributed by atoms with van der Waals surface area (Å²) in [5.74, 6) is -2.10. The van der Waals surface area contributed by atoms with Crippen LogP contribution in [0.25, 0.3) is 0 Å². The van der Waals surface area contributed by atoms with Gasteiger partial charge < -0.3 is 9.90 Å². The second kappa shape index (κ2) is 10.2. The highest BCUT2D eigenvalue weighted by atomic mass is 19.4. The SMILES string of the molecule is C.CC(=O)C[C@H](C)C(=O)O.CC(=O)c1ccc(C(C)(C)C)cc1C(F)(F)F. The van der Waals surface area contributed by atoms with Crippen molar-refractivity contribution >= 4 is 17.5 Å². The first-order chi connectivity index (χ1) is 11.6. The predicted molar refractivity (Wildman–Crippen MR) is 99.0 cm³/mol. The zero-order chi connectivity index (χ0) is 20.9. The van der Waals surface area contributed by atoms with Gasteiger partial charge in [0.2, 0.25) is 0 Å². The number of alkyl halides is 3. The number of carbonyl (C=O) groups is 3. The van der Waals surface area contributed by atoms with E-state index in [0.717, 1.165) is 13.0 Å². The van der Waals surface area contributed by atoms with E-state index in [-0.39, 0.29) is 30.6 Å². The molecule has 154 valence electrons. The Labute approximate surface area is 158 Å². The fraction of sp³-hybridized carbons (Fsp3) is 0.550. The molecule has 7 heteroatoms. The molecule has 0 radical (unpaired) electrons. The summed E-state index contributed by atoms with van der Waals surface area (Å²) >= 11 is 0. The minimum atomic E-state index is -4.50. The van der Waals surface area contributed by atoms with Crippen molar-refractivity contribution in [3.05, 3.63) is 34.9 Å². The third kappa shape index (κ3) is 9.35. The molecule has 1 aromatic carbocycles. The summed E-state index contributed by atoms with van der Waals surface area (Å²) in [5.41, 5.74) is -0.937. The number of benzene rings is 1. The molecule has 0 unspecified atom stereocenters. The van der Waals surface area contributed by atoms with Crippen LogP contribution in [0.3, 0.4) is 0 Å². The van der Waals surface area contributed by atoms with Crippen LogP contribution in [0.15, 0.2) is 18.2 Å². The molecule has 27 heavy (non-hydrogen) atoms. The average molecular weight is 390 g/mol. The lowest BCUT2D eigenvalue weighted by Crippen LogP contribution is -2.17. The largest absolute Gasteiger partial charge is 0.481 e. The van der Waals surface area contributed by atoms with Gasteiger partial charge in [0.1, 0.15) is 5.78 Å². The Balaban J connectivity index is 0. The number of aliphatic carboxylic acids is 1. The Hall–Kier alpha value is -2.18. The molecular formula is C20H29F3O4. The third-order valence-electron chi connectivity index (χ3n) is 3.59. The number of carboxylic acids is 1. The number of hydrogen-bond donors (Lipinski definition) is 1. The molecule has 1 N–H and O–H groups in total. The maximum Gasteiger partial charge on any atom is 0.417 e. The first kappa shape index (κ1) is 27.0. The minimum Gasteiger partial charge on any atom is -0.481 e. The Morgan fingerprint density at radius 2 is 1.56 bits per heavy atom. The van der Waals surface area contributed by atoms with Gasteiger partial charge in [0.15, 0.2) is 5.78 Å². The number of ketones is 2. The lowest BCUT2D eigenvalue weighted by atomic mass is 9.84. The van der Waals surface area contributed by atoms with Gasteiger partial charge in [-0.15, -0.1) is 0 Å². The van der Waals surface area contributed by atoms with E-state index in [2.05, 4.69) is 0 Å². The number of carbonyl (C=O) groups excluding carboxylic acids is 2. The minimum absolute atomic E-state index is 0. The molecule has 0 bridgehead atoms. The topological polar surface area (TPSA) is 71.4 Å². The van der Waals surface area contributed by atoms with Gasteiger partial charge in [-0.05, 0) is 30.9 Å². The van der Waals surface area contributed by atoms with Crippen molar-refractivity contribution in [1.82, 2.24) is 0 Å². The summed E-state index contributed by atoms with van der Waals surface area (Å²) in [7, 11) is 0. The highest BCUT2D eigenvalue weighted by Gasteiger charge is 2.35. The normalized spacial score (nSPS) is 12.2. The van der Waals surface area contributed by atoms with E-state index in [1.807, 2.05) is 20.8 Å². The Kier molecular flexibility index (Phi) is 10.2. The van der Waals surface area contributed by atoms with Crippen LogP contribution < -0.4 is 0 Å². The van der Waals surface area contributed by atoms with Gasteiger partial charge in [-0.3, -0.25) is 9.59 Å². The fourth-order valence-corrected chi connectivity index (χ4v) is 2.07. The van der Waals surface area contributed by atoms with Crippen molar-refractivity contribution < 1.29 is 32.7 Å². The molecule has 0 heterocycles. The smallest absolute Gasteiger partial charge is 0.417 e. The predicted octanol–water partition coefficient (Wildman–Crippen LogP) is 5.53. The molecule has 0 aliphatic heterocycles. The van der Waals surface area contributed by atoms with Crippen LogP contribution in [0.5, 0.6) is 0 Å². The molecule has 0 aromatic heterocycles. The third-order valence-corrected chi connectivity index (χ3v) is 3.59. The van der Waals surface area contributed by atoms with Crippen molar-refractivity contribution in [3.63, 3.8) is 0 Å². The number of rotatable bonds is 4. The average Bonchev–Trinajstić information content (AvgIpc) is 2.44. The van der Waals surface area contributed by atoms with E-state index in [1.165, 1.54) is 19.9 Å². The highest BCUT2D eigenvalue weighted by Crippen LogP contribution is 2.35. The molecule has 0 saturated carbocycles. The standard InChI is InChI=1S/C13H15F3O.C6H10O3.CH4/c1-8(17)10-6-5-9(12(2,3)4)7-11(10)13(14,15)16;1-4(6(8)9)3-5(2)7;/h5-7H,1-4H3;4H,3H2,1-2H3,(H,8,9);1H4/t;4-;/m.0./s1. The van der Waals surface area contributed by atoms with Crippen LogP contribution in [-0.4, -0.2) is 22.6 Å². The van der Waals surface area contributed by atoms with E-state index in [4.69, 9.17) is 5.11 Å². The summed E-state index contributed by atoms with van der Waals surface area (Å²) in [4.78, 5) is 31.6. The molecule has 1 atom stereocenters. The van der Waals surface area contributed by atoms with Crippen LogP contribution in [0.2, 0.25) is 0 Å². The molecule has 0 aliphatic carbocycles. The molecule has 1 rings (SSSR count). The molecule has 0 saturated heterocycles. The van der Waals surface area contributed by atoms with Gasteiger partial charge in [-0.2, -0.15) is 13.2 Å². The Bertz CT molecular complexity index is 671. The molecule has 0 aliphatic rings. The van der Waals surface area contributed by atoms with Crippen LogP contribution in [0.4, 0.5) is 13.2 Å². The first-order valence-electron chi connectivity index (χ1n) is 8.02. The quantitative estimate of drug-likeness (QED) is 0.687. The summed E-state index contributed by atoms with van der Waals surface area (Å²) in [6.45, 7) is 9.53. The van der Waals surface area contributed by atoms with Gasteiger partial charge in [0.05, 0.1) is 11.5 Å². The number of hydrogen-bond acceptors (Lipinski definition) is 3. The Morgan fingerprint density at radius 1 is 1.07 bits per heavy atom. The molecule has 0 fully saturated rings. The van der Waals surface area contributed by atoms with Crippen molar-refractivity contribution in [2.75, 3.05) is 0 Å². The van der Waals surface area contributed by atoms with Crippen LogP contribution in [0, 0.1) is 5.92 Å². The van der Waals surface area contributed by atoms with E-state index in [9.17, 15) is 27.6 Å².